The molecule has 0 radical (unpaired) electrons. The molecule has 1 amide bonds. The lowest BCUT2D eigenvalue weighted by atomic mass is 10.2. The number of rotatable bonds is 8. The van der Waals surface area contributed by atoms with Crippen molar-refractivity contribution in [3.8, 4) is 22.8 Å². The van der Waals surface area contributed by atoms with Crippen LogP contribution in [0.2, 0.25) is 0 Å². The van der Waals surface area contributed by atoms with Gasteiger partial charge >= 0.3 is 0 Å². The first-order valence-corrected chi connectivity index (χ1v) is 10.8. The van der Waals surface area contributed by atoms with Gasteiger partial charge in [0, 0.05) is 17.7 Å². The minimum Gasteiger partial charge on any atom is -0.496 e. The molecular formula is C24H22N4O2S. The molecule has 0 bridgehead atoms. The van der Waals surface area contributed by atoms with Crippen LogP contribution in [0.3, 0.4) is 0 Å². The summed E-state index contributed by atoms with van der Waals surface area (Å²) < 4.78 is 7.14. The Morgan fingerprint density at radius 1 is 0.968 bits per heavy atom. The fourth-order valence-electron chi connectivity index (χ4n) is 3.10. The van der Waals surface area contributed by atoms with E-state index in [1.807, 2.05) is 89.6 Å². The largest absolute Gasteiger partial charge is 0.496 e. The highest BCUT2D eigenvalue weighted by Crippen LogP contribution is 2.24. The molecule has 1 N–H and O–H groups in total. The number of hydrogen-bond acceptors (Lipinski definition) is 5. The number of nitrogens with zero attached hydrogens (tertiary/aromatic N) is 3. The SMILES string of the molecule is COc1ccccc1CNC(=O)CSc1nc(-c2ccccc2)n(-c2ccccc2)n1. The fraction of sp³-hybridized carbons (Fsp3) is 0.125. The van der Waals surface area contributed by atoms with Crippen molar-refractivity contribution in [1.82, 2.24) is 20.1 Å². The van der Waals surface area contributed by atoms with Gasteiger partial charge in [-0.25, -0.2) is 9.67 Å². The lowest BCUT2D eigenvalue weighted by Gasteiger charge is -2.09. The first-order chi connectivity index (χ1) is 15.2. The van der Waals surface area contributed by atoms with Crippen molar-refractivity contribution in [2.24, 2.45) is 0 Å². The summed E-state index contributed by atoms with van der Waals surface area (Å²) in [5, 5.41) is 8.12. The van der Waals surface area contributed by atoms with Crippen molar-refractivity contribution in [3.05, 3.63) is 90.5 Å². The minimum absolute atomic E-state index is 0.0896. The molecule has 0 aliphatic heterocycles. The zero-order valence-corrected chi connectivity index (χ0v) is 17.9. The maximum absolute atomic E-state index is 12.4. The van der Waals surface area contributed by atoms with E-state index in [0.717, 1.165) is 28.4 Å². The molecule has 0 aliphatic rings. The van der Waals surface area contributed by atoms with E-state index in [9.17, 15) is 4.79 Å². The van der Waals surface area contributed by atoms with Gasteiger partial charge in [-0.1, -0.05) is 78.5 Å². The molecule has 6 nitrogen and oxygen atoms in total. The monoisotopic (exact) mass is 430 g/mol. The maximum Gasteiger partial charge on any atom is 0.230 e. The van der Waals surface area contributed by atoms with Crippen LogP contribution >= 0.6 is 11.8 Å². The molecule has 0 saturated carbocycles. The molecule has 0 aliphatic carbocycles. The standard InChI is InChI=1S/C24H22N4O2S/c1-30-21-15-9-8-12-19(21)16-25-22(29)17-31-24-26-23(18-10-4-2-5-11-18)28(27-24)20-13-6-3-7-14-20/h2-15H,16-17H2,1H3,(H,25,29). The van der Waals surface area contributed by atoms with Crippen molar-refractivity contribution >= 4 is 17.7 Å². The Hall–Kier alpha value is -3.58. The number of para-hydroxylation sites is 2. The van der Waals surface area contributed by atoms with E-state index in [4.69, 9.17) is 4.74 Å². The normalized spacial score (nSPS) is 10.6. The van der Waals surface area contributed by atoms with Crippen LogP contribution in [0.4, 0.5) is 0 Å². The highest BCUT2D eigenvalue weighted by Gasteiger charge is 2.15. The molecule has 0 saturated heterocycles. The van der Waals surface area contributed by atoms with Gasteiger partial charge in [-0.3, -0.25) is 4.79 Å². The van der Waals surface area contributed by atoms with Gasteiger partial charge in [0.25, 0.3) is 0 Å². The predicted molar refractivity (Wildman–Crippen MR) is 122 cm³/mol. The molecule has 156 valence electrons. The van der Waals surface area contributed by atoms with Gasteiger partial charge < -0.3 is 10.1 Å². The number of nitrogens with one attached hydrogen (secondary N) is 1. The molecule has 0 atom stereocenters. The second-order valence-corrected chi connectivity index (χ2v) is 7.65. The second-order valence-electron chi connectivity index (χ2n) is 6.71. The first-order valence-electron chi connectivity index (χ1n) is 9.84. The maximum atomic E-state index is 12.4. The quantitative estimate of drug-likeness (QED) is 0.421. The zero-order chi connectivity index (χ0) is 21.5. The van der Waals surface area contributed by atoms with Crippen LogP contribution in [-0.4, -0.2) is 33.5 Å². The Kier molecular flexibility index (Phi) is 6.64. The van der Waals surface area contributed by atoms with Gasteiger partial charge in [-0.05, 0) is 18.2 Å². The van der Waals surface area contributed by atoms with Crippen LogP contribution in [0, 0.1) is 0 Å². The van der Waals surface area contributed by atoms with E-state index >= 15 is 0 Å². The average molecular weight is 431 g/mol. The van der Waals surface area contributed by atoms with E-state index in [2.05, 4.69) is 15.4 Å². The van der Waals surface area contributed by atoms with Crippen LogP contribution in [0.5, 0.6) is 5.75 Å². The number of thioether (sulfide) groups is 1. The highest BCUT2D eigenvalue weighted by atomic mass is 32.2. The number of aromatic nitrogens is 3. The molecular weight excluding hydrogens is 408 g/mol. The number of benzene rings is 3. The molecule has 0 unspecified atom stereocenters. The lowest BCUT2D eigenvalue weighted by Crippen LogP contribution is -2.24. The third-order valence-corrected chi connectivity index (χ3v) is 5.46. The Labute approximate surface area is 185 Å². The summed E-state index contributed by atoms with van der Waals surface area (Å²) in [6, 6.07) is 27.4. The number of ether oxygens (including phenoxy) is 1. The summed E-state index contributed by atoms with van der Waals surface area (Å²) in [6.45, 7) is 0.407. The second kappa shape index (κ2) is 9.95. The van der Waals surface area contributed by atoms with Gasteiger partial charge in [0.15, 0.2) is 5.82 Å². The van der Waals surface area contributed by atoms with Crippen LogP contribution in [-0.2, 0) is 11.3 Å². The van der Waals surface area contributed by atoms with Crippen molar-refractivity contribution < 1.29 is 9.53 Å². The van der Waals surface area contributed by atoms with Crippen molar-refractivity contribution in [2.45, 2.75) is 11.7 Å². The Morgan fingerprint density at radius 3 is 2.39 bits per heavy atom. The van der Waals surface area contributed by atoms with E-state index in [1.54, 1.807) is 7.11 Å². The molecule has 0 fully saturated rings. The van der Waals surface area contributed by atoms with Crippen LogP contribution < -0.4 is 10.1 Å². The van der Waals surface area contributed by atoms with Gasteiger partial charge in [0.05, 0.1) is 18.6 Å². The van der Waals surface area contributed by atoms with Crippen molar-refractivity contribution in [1.29, 1.82) is 0 Å². The first kappa shape index (κ1) is 20.7. The minimum atomic E-state index is -0.0896. The van der Waals surface area contributed by atoms with Gasteiger partial charge in [-0.2, -0.15) is 0 Å². The van der Waals surface area contributed by atoms with E-state index in [0.29, 0.717) is 11.7 Å². The van der Waals surface area contributed by atoms with Gasteiger partial charge in [0.2, 0.25) is 11.1 Å². The number of hydrogen-bond donors (Lipinski definition) is 1. The van der Waals surface area contributed by atoms with Crippen molar-refractivity contribution in [2.75, 3.05) is 12.9 Å². The van der Waals surface area contributed by atoms with Crippen molar-refractivity contribution in [3.63, 3.8) is 0 Å². The number of carbonyl (C=O) groups excluding carboxylic acids is 1. The molecule has 31 heavy (non-hydrogen) atoms. The summed E-state index contributed by atoms with van der Waals surface area (Å²) in [6.07, 6.45) is 0. The summed E-state index contributed by atoms with van der Waals surface area (Å²) in [5.41, 5.74) is 2.81. The molecule has 1 heterocycles. The Morgan fingerprint density at radius 2 is 1.65 bits per heavy atom. The third-order valence-electron chi connectivity index (χ3n) is 4.62. The zero-order valence-electron chi connectivity index (χ0n) is 17.1. The summed E-state index contributed by atoms with van der Waals surface area (Å²) in [5.74, 6) is 1.63. The molecule has 0 spiro atoms. The van der Waals surface area contributed by atoms with E-state index < -0.39 is 0 Å². The van der Waals surface area contributed by atoms with E-state index in [1.165, 1.54) is 11.8 Å². The summed E-state index contributed by atoms with van der Waals surface area (Å²) in [4.78, 5) is 17.1. The van der Waals surface area contributed by atoms with Gasteiger partial charge in [-0.15, -0.1) is 5.10 Å². The lowest BCUT2D eigenvalue weighted by molar-refractivity contribution is -0.118. The van der Waals surface area contributed by atoms with Gasteiger partial charge in [0.1, 0.15) is 5.75 Å². The van der Waals surface area contributed by atoms with Crippen LogP contribution in [0.1, 0.15) is 5.56 Å². The predicted octanol–water partition coefficient (Wildman–Crippen LogP) is 4.35. The average Bonchev–Trinajstić information content (AvgIpc) is 3.27. The summed E-state index contributed by atoms with van der Waals surface area (Å²) >= 11 is 1.31. The molecule has 4 aromatic rings. The van der Waals surface area contributed by atoms with E-state index in [-0.39, 0.29) is 11.7 Å². The van der Waals surface area contributed by atoms with Crippen LogP contribution in [0.15, 0.2) is 90.1 Å². The molecule has 3 aromatic carbocycles. The number of amides is 1. The molecule has 4 rings (SSSR count). The number of methoxy groups -OCH3 is 1. The fourth-order valence-corrected chi connectivity index (χ4v) is 3.75. The molecule has 1 aromatic heterocycles. The highest BCUT2D eigenvalue weighted by molar-refractivity contribution is 7.99. The Balaban J connectivity index is 1.46. The Bertz CT molecular complexity index is 1090. The summed E-state index contributed by atoms with van der Waals surface area (Å²) in [7, 11) is 1.62. The third kappa shape index (κ3) is 5.13. The van der Waals surface area contributed by atoms with Crippen LogP contribution in [0.25, 0.3) is 17.1 Å². The topological polar surface area (TPSA) is 69.0 Å². The molecule has 7 heteroatoms. The number of carbonyl (C=O) groups is 1. The smallest absolute Gasteiger partial charge is 0.230 e.